The molecule has 0 spiro atoms. The molecule has 2 rings (SSSR count). The van der Waals surface area contributed by atoms with Crippen molar-refractivity contribution in [3.05, 3.63) is 63.6 Å². The molecule has 2 aromatic carbocycles. The van der Waals surface area contributed by atoms with Crippen molar-refractivity contribution >= 4 is 33.4 Å². The number of halogens is 2. The van der Waals surface area contributed by atoms with Crippen molar-refractivity contribution in [1.29, 1.82) is 0 Å². The van der Waals surface area contributed by atoms with Crippen LogP contribution in [-0.2, 0) is 12.4 Å². The quantitative estimate of drug-likeness (QED) is 0.820. The highest BCUT2D eigenvalue weighted by atomic mass is 79.9. The normalized spacial score (nSPS) is 10.3. The third-order valence-electron chi connectivity index (χ3n) is 2.80. The molecule has 0 aliphatic heterocycles. The highest BCUT2D eigenvalue weighted by Crippen LogP contribution is 2.22. The molecular formula is C15H13BrClNO2. The van der Waals surface area contributed by atoms with Crippen molar-refractivity contribution in [3.63, 3.8) is 0 Å². The Morgan fingerprint density at radius 3 is 2.65 bits per heavy atom. The van der Waals surface area contributed by atoms with Crippen molar-refractivity contribution in [1.82, 2.24) is 5.32 Å². The van der Waals surface area contributed by atoms with Gasteiger partial charge in [-0.2, -0.15) is 0 Å². The molecular weight excluding hydrogens is 342 g/mol. The van der Waals surface area contributed by atoms with Gasteiger partial charge in [0.05, 0.1) is 5.56 Å². The maximum atomic E-state index is 12.0. The molecule has 104 valence electrons. The maximum Gasteiger partial charge on any atom is 0.255 e. The van der Waals surface area contributed by atoms with Crippen LogP contribution in [0.5, 0.6) is 5.75 Å². The summed E-state index contributed by atoms with van der Waals surface area (Å²) >= 11 is 9.00. The predicted octanol–water partition coefficient (Wildman–Crippen LogP) is 3.82. The van der Waals surface area contributed by atoms with E-state index < -0.39 is 0 Å². The molecule has 0 aliphatic carbocycles. The van der Waals surface area contributed by atoms with Gasteiger partial charge in [-0.3, -0.25) is 4.79 Å². The second-order valence-electron chi connectivity index (χ2n) is 4.30. The molecule has 0 unspecified atom stereocenters. The van der Waals surface area contributed by atoms with Gasteiger partial charge in [0, 0.05) is 16.9 Å². The average molecular weight is 355 g/mol. The lowest BCUT2D eigenvalue weighted by molar-refractivity contribution is 0.0948. The lowest BCUT2D eigenvalue weighted by Crippen LogP contribution is -2.22. The zero-order valence-electron chi connectivity index (χ0n) is 10.6. The highest BCUT2D eigenvalue weighted by Gasteiger charge is 2.10. The van der Waals surface area contributed by atoms with Crippen molar-refractivity contribution in [2.75, 3.05) is 0 Å². The molecule has 0 radical (unpaired) electrons. The molecule has 0 bridgehead atoms. The summed E-state index contributed by atoms with van der Waals surface area (Å²) in [7, 11) is 0. The van der Waals surface area contributed by atoms with E-state index in [-0.39, 0.29) is 17.2 Å². The Bertz CT molecular complexity index is 631. The van der Waals surface area contributed by atoms with Gasteiger partial charge in [0.1, 0.15) is 5.75 Å². The molecule has 2 aromatic rings. The molecule has 2 N–H and O–H groups in total. The Morgan fingerprint density at radius 1 is 1.20 bits per heavy atom. The van der Waals surface area contributed by atoms with Crippen LogP contribution in [0.1, 0.15) is 21.5 Å². The standard InChI is InChI=1S/C15H13BrClNO2/c16-12-4-5-13(14(19)7-12)15(20)18-9-11-3-1-2-10(6-11)8-17/h1-7,19H,8-9H2,(H,18,20). The van der Waals surface area contributed by atoms with E-state index in [0.717, 1.165) is 15.6 Å². The zero-order valence-corrected chi connectivity index (χ0v) is 12.9. The first-order valence-corrected chi connectivity index (χ1v) is 7.33. The van der Waals surface area contributed by atoms with E-state index in [2.05, 4.69) is 21.2 Å². The summed E-state index contributed by atoms with van der Waals surface area (Å²) in [6.07, 6.45) is 0. The van der Waals surface area contributed by atoms with E-state index in [1.807, 2.05) is 24.3 Å². The van der Waals surface area contributed by atoms with Crippen molar-refractivity contribution in [3.8, 4) is 5.75 Å². The molecule has 0 heterocycles. The summed E-state index contributed by atoms with van der Waals surface area (Å²) in [4.78, 5) is 12.0. The number of aromatic hydroxyl groups is 1. The number of phenolic OH excluding ortho intramolecular Hbond substituents is 1. The summed E-state index contributed by atoms with van der Waals surface area (Å²) in [5.74, 6) is 0.0765. The first-order valence-electron chi connectivity index (χ1n) is 6.00. The molecule has 0 aromatic heterocycles. The average Bonchev–Trinajstić information content (AvgIpc) is 2.45. The largest absolute Gasteiger partial charge is 0.507 e. The molecule has 0 atom stereocenters. The van der Waals surface area contributed by atoms with E-state index in [4.69, 9.17) is 11.6 Å². The lowest BCUT2D eigenvalue weighted by Gasteiger charge is -2.08. The lowest BCUT2D eigenvalue weighted by atomic mass is 10.1. The van der Waals surface area contributed by atoms with E-state index in [1.54, 1.807) is 12.1 Å². The molecule has 3 nitrogen and oxygen atoms in total. The highest BCUT2D eigenvalue weighted by molar-refractivity contribution is 9.10. The zero-order chi connectivity index (χ0) is 14.5. The number of rotatable bonds is 4. The second kappa shape index (κ2) is 6.77. The summed E-state index contributed by atoms with van der Waals surface area (Å²) in [6.45, 7) is 0.388. The van der Waals surface area contributed by atoms with Crippen LogP contribution in [0, 0.1) is 0 Å². The molecule has 20 heavy (non-hydrogen) atoms. The minimum atomic E-state index is -0.314. The number of hydrogen-bond acceptors (Lipinski definition) is 2. The molecule has 0 saturated carbocycles. The van der Waals surface area contributed by atoms with Gasteiger partial charge >= 0.3 is 0 Å². The smallest absolute Gasteiger partial charge is 0.255 e. The first-order chi connectivity index (χ1) is 9.60. The van der Waals surface area contributed by atoms with Gasteiger partial charge in [-0.1, -0.05) is 40.2 Å². The molecule has 1 amide bonds. The Hall–Kier alpha value is -1.52. The number of phenols is 1. The third kappa shape index (κ3) is 3.74. The van der Waals surface area contributed by atoms with Crippen LogP contribution in [0.25, 0.3) is 0 Å². The second-order valence-corrected chi connectivity index (χ2v) is 5.48. The fraction of sp³-hybridized carbons (Fsp3) is 0.133. The van der Waals surface area contributed by atoms with E-state index in [1.165, 1.54) is 6.07 Å². The fourth-order valence-electron chi connectivity index (χ4n) is 1.80. The van der Waals surface area contributed by atoms with Crippen LogP contribution in [0.4, 0.5) is 0 Å². The van der Waals surface area contributed by atoms with Crippen LogP contribution in [-0.4, -0.2) is 11.0 Å². The maximum absolute atomic E-state index is 12.0. The Morgan fingerprint density at radius 2 is 1.95 bits per heavy atom. The summed E-state index contributed by atoms with van der Waals surface area (Å²) in [6, 6.07) is 12.5. The number of carbonyl (C=O) groups excluding carboxylic acids is 1. The van der Waals surface area contributed by atoms with Crippen LogP contribution < -0.4 is 5.32 Å². The number of amides is 1. The van der Waals surface area contributed by atoms with Gasteiger partial charge in [-0.15, -0.1) is 11.6 Å². The van der Waals surface area contributed by atoms with Crippen LogP contribution >= 0.6 is 27.5 Å². The fourth-order valence-corrected chi connectivity index (χ4v) is 2.31. The van der Waals surface area contributed by atoms with E-state index in [9.17, 15) is 9.90 Å². The molecule has 5 heteroatoms. The van der Waals surface area contributed by atoms with Crippen molar-refractivity contribution in [2.45, 2.75) is 12.4 Å². The minimum absolute atomic E-state index is 0.0496. The number of hydrogen-bond donors (Lipinski definition) is 2. The van der Waals surface area contributed by atoms with Gasteiger partial charge in [-0.05, 0) is 29.3 Å². The van der Waals surface area contributed by atoms with Gasteiger partial charge in [0.2, 0.25) is 0 Å². The molecule has 0 fully saturated rings. The van der Waals surface area contributed by atoms with Gasteiger partial charge in [-0.25, -0.2) is 0 Å². The van der Waals surface area contributed by atoms with Crippen LogP contribution in [0.15, 0.2) is 46.9 Å². The van der Waals surface area contributed by atoms with Gasteiger partial charge in [0.25, 0.3) is 5.91 Å². The summed E-state index contributed by atoms with van der Waals surface area (Å²) < 4.78 is 0.723. The monoisotopic (exact) mass is 353 g/mol. The molecule has 0 saturated heterocycles. The number of alkyl halides is 1. The Balaban J connectivity index is 2.04. The SMILES string of the molecule is O=C(NCc1cccc(CCl)c1)c1ccc(Br)cc1O. The van der Waals surface area contributed by atoms with E-state index in [0.29, 0.717) is 12.4 Å². The third-order valence-corrected chi connectivity index (χ3v) is 3.61. The van der Waals surface area contributed by atoms with Gasteiger partial charge < -0.3 is 10.4 Å². The summed E-state index contributed by atoms with van der Waals surface area (Å²) in [5, 5.41) is 12.5. The Labute approximate surface area is 130 Å². The van der Waals surface area contributed by atoms with Crippen molar-refractivity contribution in [2.24, 2.45) is 0 Å². The topological polar surface area (TPSA) is 49.3 Å². The number of carbonyl (C=O) groups is 1. The Kier molecular flexibility index (Phi) is 5.04. The minimum Gasteiger partial charge on any atom is -0.507 e. The van der Waals surface area contributed by atoms with Crippen LogP contribution in [0.2, 0.25) is 0 Å². The first kappa shape index (κ1) is 14.9. The molecule has 0 aliphatic rings. The van der Waals surface area contributed by atoms with Crippen molar-refractivity contribution < 1.29 is 9.90 Å². The number of benzene rings is 2. The van der Waals surface area contributed by atoms with E-state index >= 15 is 0 Å². The number of nitrogens with one attached hydrogen (secondary N) is 1. The summed E-state index contributed by atoms with van der Waals surface area (Å²) in [5.41, 5.74) is 2.22. The predicted molar refractivity (Wildman–Crippen MR) is 83.0 cm³/mol. The van der Waals surface area contributed by atoms with Gasteiger partial charge in [0.15, 0.2) is 0 Å². The van der Waals surface area contributed by atoms with Crippen LogP contribution in [0.3, 0.4) is 0 Å².